The average molecular weight is 609 g/mol. The molecule has 7 heteroatoms. The maximum absolute atomic E-state index is 14.3. The summed E-state index contributed by atoms with van der Waals surface area (Å²) in [5.41, 5.74) is 4.55. The Morgan fingerprint density at radius 3 is 2.49 bits per heavy atom. The molecule has 1 aliphatic carbocycles. The number of nitrogens with zero attached hydrogens (tertiary/aromatic N) is 4. The lowest BCUT2D eigenvalue weighted by Crippen LogP contribution is -2.43. The summed E-state index contributed by atoms with van der Waals surface area (Å²) in [6, 6.07) is 23.8. The van der Waals surface area contributed by atoms with Crippen molar-refractivity contribution in [1.82, 2.24) is 19.6 Å². The number of fused-ring (bicyclic) bond motifs is 1. The van der Waals surface area contributed by atoms with Crippen LogP contribution >= 0.6 is 0 Å². The van der Waals surface area contributed by atoms with Crippen molar-refractivity contribution in [1.29, 1.82) is 0 Å². The summed E-state index contributed by atoms with van der Waals surface area (Å²) < 4.78 is 16.5. The van der Waals surface area contributed by atoms with Crippen LogP contribution in [-0.2, 0) is 11.3 Å². The Morgan fingerprint density at radius 1 is 0.978 bits per heavy atom. The van der Waals surface area contributed by atoms with E-state index in [0.717, 1.165) is 76.1 Å². The number of likely N-dealkylation sites (tertiary alicyclic amines) is 2. The minimum atomic E-state index is -0.711. The van der Waals surface area contributed by atoms with E-state index in [1.54, 1.807) is 12.1 Å². The van der Waals surface area contributed by atoms with Gasteiger partial charge in [-0.1, -0.05) is 73.9 Å². The number of halogens is 1. The largest absolute Gasteiger partial charge is 0.480 e. The van der Waals surface area contributed by atoms with E-state index in [9.17, 15) is 14.3 Å². The summed E-state index contributed by atoms with van der Waals surface area (Å²) in [6.45, 7) is 7.36. The van der Waals surface area contributed by atoms with Gasteiger partial charge in [0.15, 0.2) is 0 Å². The van der Waals surface area contributed by atoms with Crippen LogP contribution in [0.25, 0.3) is 22.0 Å². The fourth-order valence-electron chi connectivity index (χ4n) is 8.25. The molecule has 4 aromatic rings. The molecular formula is C38H45FN4O2. The van der Waals surface area contributed by atoms with Crippen molar-refractivity contribution in [3.8, 4) is 11.3 Å². The number of piperidine rings is 1. The molecule has 3 heterocycles. The van der Waals surface area contributed by atoms with E-state index in [4.69, 9.17) is 5.10 Å². The summed E-state index contributed by atoms with van der Waals surface area (Å²) in [4.78, 5) is 17.2. The highest BCUT2D eigenvalue weighted by Crippen LogP contribution is 2.39. The minimum absolute atomic E-state index is 0.131. The van der Waals surface area contributed by atoms with Crippen LogP contribution < -0.4 is 0 Å². The van der Waals surface area contributed by atoms with Crippen LogP contribution in [0.3, 0.4) is 0 Å². The highest BCUT2D eigenvalue weighted by atomic mass is 19.1. The third kappa shape index (κ3) is 6.30. The first kappa shape index (κ1) is 30.1. The highest BCUT2D eigenvalue weighted by molar-refractivity contribution is 5.95. The predicted octanol–water partition coefficient (Wildman–Crippen LogP) is 7.40. The molecule has 1 unspecified atom stereocenters. The summed E-state index contributed by atoms with van der Waals surface area (Å²) >= 11 is 0. The van der Waals surface area contributed by atoms with E-state index in [1.807, 2.05) is 6.07 Å². The van der Waals surface area contributed by atoms with Crippen molar-refractivity contribution < 1.29 is 14.3 Å². The van der Waals surface area contributed by atoms with Crippen LogP contribution in [0.4, 0.5) is 4.39 Å². The second-order valence-corrected chi connectivity index (χ2v) is 13.6. The molecule has 3 fully saturated rings. The molecule has 236 valence electrons. The Bertz CT molecular complexity index is 1630. The SMILES string of the molecule is CCn1nc(-c2cccc3ccccc23)cc1C1CCN(C[C@H]2CN([C@H](CC3CCC3)C(=O)O)CC2c2cccc(F)c2)CC1. The smallest absolute Gasteiger partial charge is 0.320 e. The van der Waals surface area contributed by atoms with E-state index in [-0.39, 0.29) is 17.7 Å². The number of aryl methyl sites for hydroxylation is 1. The maximum atomic E-state index is 14.3. The minimum Gasteiger partial charge on any atom is -0.480 e. The molecule has 3 aliphatic rings. The van der Waals surface area contributed by atoms with Crippen molar-refractivity contribution in [2.45, 2.75) is 69.9 Å². The van der Waals surface area contributed by atoms with Gasteiger partial charge in [-0.05, 0) is 85.6 Å². The lowest BCUT2D eigenvalue weighted by Gasteiger charge is -2.35. The number of aliphatic carboxylic acids is 1. The molecule has 1 N–H and O–H groups in total. The molecule has 1 aromatic heterocycles. The summed E-state index contributed by atoms with van der Waals surface area (Å²) in [5.74, 6) is 0.448. The van der Waals surface area contributed by atoms with Gasteiger partial charge in [0.05, 0.1) is 5.69 Å². The fraction of sp³-hybridized carbons (Fsp3) is 0.474. The van der Waals surface area contributed by atoms with Gasteiger partial charge in [0.2, 0.25) is 0 Å². The van der Waals surface area contributed by atoms with Crippen molar-refractivity contribution >= 4 is 16.7 Å². The molecule has 3 atom stereocenters. The first-order chi connectivity index (χ1) is 22.0. The topological polar surface area (TPSA) is 61.6 Å². The second-order valence-electron chi connectivity index (χ2n) is 13.6. The fourth-order valence-corrected chi connectivity index (χ4v) is 8.25. The van der Waals surface area contributed by atoms with Gasteiger partial charge in [0, 0.05) is 49.3 Å². The van der Waals surface area contributed by atoms with Crippen LogP contribution in [0, 0.1) is 17.7 Å². The number of carboxylic acids is 1. The van der Waals surface area contributed by atoms with Gasteiger partial charge in [-0.3, -0.25) is 14.4 Å². The first-order valence-electron chi connectivity index (χ1n) is 17.0. The van der Waals surface area contributed by atoms with Gasteiger partial charge >= 0.3 is 5.97 Å². The van der Waals surface area contributed by atoms with E-state index < -0.39 is 12.0 Å². The normalized spacial score (nSPS) is 22.5. The van der Waals surface area contributed by atoms with Crippen molar-refractivity contribution in [3.63, 3.8) is 0 Å². The van der Waals surface area contributed by atoms with E-state index in [2.05, 4.69) is 69.9 Å². The number of hydrogen-bond donors (Lipinski definition) is 1. The van der Waals surface area contributed by atoms with Gasteiger partial charge in [-0.15, -0.1) is 0 Å². The van der Waals surface area contributed by atoms with Crippen LogP contribution in [0.1, 0.15) is 68.5 Å². The molecule has 0 spiro atoms. The molecule has 2 saturated heterocycles. The molecule has 7 rings (SSSR count). The van der Waals surface area contributed by atoms with Gasteiger partial charge in [0.25, 0.3) is 0 Å². The summed E-state index contributed by atoms with van der Waals surface area (Å²) in [5, 5.41) is 17.7. The van der Waals surface area contributed by atoms with E-state index >= 15 is 0 Å². The van der Waals surface area contributed by atoms with E-state index in [0.29, 0.717) is 18.4 Å². The van der Waals surface area contributed by atoms with Crippen LogP contribution in [0.15, 0.2) is 72.8 Å². The molecule has 0 bridgehead atoms. The molecule has 2 aliphatic heterocycles. The summed E-state index contributed by atoms with van der Waals surface area (Å²) in [7, 11) is 0. The third-order valence-electron chi connectivity index (χ3n) is 10.9. The molecule has 0 radical (unpaired) electrons. The van der Waals surface area contributed by atoms with Gasteiger partial charge < -0.3 is 10.0 Å². The number of benzene rings is 3. The average Bonchev–Trinajstić information content (AvgIpc) is 3.65. The lowest BCUT2D eigenvalue weighted by atomic mass is 9.80. The highest BCUT2D eigenvalue weighted by Gasteiger charge is 2.41. The quantitative estimate of drug-likeness (QED) is 0.203. The van der Waals surface area contributed by atoms with Crippen LogP contribution in [0.5, 0.6) is 0 Å². The van der Waals surface area contributed by atoms with E-state index in [1.165, 1.54) is 34.5 Å². The molecular weight excluding hydrogens is 563 g/mol. The van der Waals surface area contributed by atoms with Crippen molar-refractivity contribution in [2.75, 3.05) is 32.7 Å². The molecule has 6 nitrogen and oxygen atoms in total. The zero-order valence-corrected chi connectivity index (χ0v) is 26.3. The second kappa shape index (κ2) is 13.1. The number of aromatic nitrogens is 2. The van der Waals surface area contributed by atoms with Crippen LogP contribution in [0.2, 0.25) is 0 Å². The summed E-state index contributed by atoms with van der Waals surface area (Å²) in [6.07, 6.45) is 6.37. The van der Waals surface area contributed by atoms with Gasteiger partial charge in [-0.25, -0.2) is 4.39 Å². The Balaban J connectivity index is 1.05. The maximum Gasteiger partial charge on any atom is 0.320 e. The monoisotopic (exact) mass is 608 g/mol. The van der Waals surface area contributed by atoms with Gasteiger partial charge in [0.1, 0.15) is 11.9 Å². The number of carboxylic acid groups (broad SMARTS) is 1. The third-order valence-corrected chi connectivity index (χ3v) is 10.9. The zero-order valence-electron chi connectivity index (χ0n) is 26.3. The number of hydrogen-bond acceptors (Lipinski definition) is 4. The zero-order chi connectivity index (χ0) is 30.9. The molecule has 1 saturated carbocycles. The Morgan fingerprint density at radius 2 is 1.76 bits per heavy atom. The molecule has 3 aromatic carbocycles. The molecule has 45 heavy (non-hydrogen) atoms. The molecule has 0 amide bonds. The Hall–Kier alpha value is -3.55. The number of carbonyl (C=O) groups is 1. The van der Waals surface area contributed by atoms with Crippen molar-refractivity contribution in [2.24, 2.45) is 11.8 Å². The van der Waals surface area contributed by atoms with Gasteiger partial charge in [-0.2, -0.15) is 5.10 Å². The predicted molar refractivity (Wildman–Crippen MR) is 177 cm³/mol. The standard InChI is InChI=1S/C38H45FN4O2/c1-2-43-36(22-35(40-43)33-15-7-11-27-10-3-4-14-32(27)33)28-16-18-41(19-17-28)23-30-24-42(37(38(44)45)20-26-8-5-9-26)25-34(30)29-12-6-13-31(39)21-29/h3-4,6-7,10-15,21-22,26,28,30,34,37H,2,5,8-9,16-20,23-25H2,1H3,(H,44,45)/t30-,34?,37+/m0/s1. The van der Waals surface area contributed by atoms with Crippen LogP contribution in [-0.4, -0.2) is 69.4 Å². The first-order valence-corrected chi connectivity index (χ1v) is 17.0. The Kier molecular flexibility index (Phi) is 8.74. The number of rotatable bonds is 10. The Labute approximate surface area is 265 Å². The van der Waals surface area contributed by atoms with Crippen molar-refractivity contribution in [3.05, 3.63) is 89.9 Å². The lowest BCUT2D eigenvalue weighted by molar-refractivity contribution is -0.144.